The highest BCUT2D eigenvalue weighted by Gasteiger charge is 2.26. The van der Waals surface area contributed by atoms with E-state index in [9.17, 15) is 9.90 Å². The van der Waals surface area contributed by atoms with Crippen molar-refractivity contribution in [1.29, 1.82) is 5.41 Å². The van der Waals surface area contributed by atoms with Gasteiger partial charge in [-0.25, -0.2) is 4.79 Å². The van der Waals surface area contributed by atoms with Crippen molar-refractivity contribution >= 4 is 17.5 Å². The highest BCUT2D eigenvalue weighted by Crippen LogP contribution is 2.35. The van der Waals surface area contributed by atoms with Crippen LogP contribution in [0.15, 0.2) is 36.4 Å². The Labute approximate surface area is 184 Å². The quantitative estimate of drug-likeness (QED) is 0.231. The number of rotatable bonds is 12. The summed E-state index contributed by atoms with van der Waals surface area (Å²) in [6.07, 6.45) is 1.57. The molecule has 0 aromatic heterocycles. The van der Waals surface area contributed by atoms with Gasteiger partial charge in [0.1, 0.15) is 18.2 Å². The molecule has 0 aliphatic rings. The minimum absolute atomic E-state index is 0.0378. The monoisotopic (exact) mass is 427 g/mol. The standard InChI is InChI=1S/C24H33N3O4/c1-5-16-13-18(12-15(2)3)22(31-11-10-30-4)20(14-16)21(24(28)29)27-19-8-6-17(7-9-19)23(25)26/h6-9,13-15,21,27H,5,10-12H2,1-4H3,(H3,25,26)(H,28,29). The molecule has 0 aliphatic carbocycles. The zero-order valence-corrected chi connectivity index (χ0v) is 18.7. The molecular formula is C24H33N3O4. The van der Waals surface area contributed by atoms with Gasteiger partial charge in [0.15, 0.2) is 6.04 Å². The van der Waals surface area contributed by atoms with Gasteiger partial charge in [0.2, 0.25) is 0 Å². The molecule has 7 heteroatoms. The summed E-state index contributed by atoms with van der Waals surface area (Å²) in [5, 5.41) is 20.7. The number of nitrogen functional groups attached to an aromatic ring is 1. The van der Waals surface area contributed by atoms with Crippen LogP contribution in [0.3, 0.4) is 0 Å². The maximum absolute atomic E-state index is 12.3. The normalized spacial score (nSPS) is 11.9. The van der Waals surface area contributed by atoms with Crippen LogP contribution < -0.4 is 15.8 Å². The molecule has 0 amide bonds. The Morgan fingerprint density at radius 3 is 2.39 bits per heavy atom. The molecule has 0 saturated heterocycles. The first-order valence-electron chi connectivity index (χ1n) is 10.5. The SMILES string of the molecule is CCc1cc(CC(C)C)c(OCCOC)c(C(Nc2ccc(C(=N)N)cc2)C(=O)O)c1. The predicted octanol–water partition coefficient (Wildman–Crippen LogP) is 3.99. The number of amidine groups is 1. The number of carbonyl (C=O) groups is 1. The highest BCUT2D eigenvalue weighted by molar-refractivity contribution is 5.95. The molecule has 2 aromatic carbocycles. The zero-order chi connectivity index (χ0) is 23.0. The summed E-state index contributed by atoms with van der Waals surface area (Å²) in [5.41, 5.74) is 9.36. The van der Waals surface area contributed by atoms with Gasteiger partial charge in [0, 0.05) is 23.9 Å². The molecule has 1 unspecified atom stereocenters. The first-order chi connectivity index (χ1) is 14.8. The molecule has 0 saturated carbocycles. The summed E-state index contributed by atoms with van der Waals surface area (Å²) in [5.74, 6) is -0.0524. The van der Waals surface area contributed by atoms with Crippen molar-refractivity contribution in [3.8, 4) is 5.75 Å². The second kappa shape index (κ2) is 11.4. The van der Waals surface area contributed by atoms with E-state index in [-0.39, 0.29) is 5.84 Å². The number of aryl methyl sites for hydroxylation is 1. The minimum atomic E-state index is -1.00. The number of benzene rings is 2. The lowest BCUT2D eigenvalue weighted by Gasteiger charge is -2.24. The number of nitrogens with one attached hydrogen (secondary N) is 2. The van der Waals surface area contributed by atoms with Crippen LogP contribution >= 0.6 is 0 Å². The number of carboxylic acid groups (broad SMARTS) is 1. The van der Waals surface area contributed by atoms with Crippen molar-refractivity contribution in [1.82, 2.24) is 0 Å². The lowest BCUT2D eigenvalue weighted by Crippen LogP contribution is -2.23. The van der Waals surface area contributed by atoms with Crippen LogP contribution in [-0.2, 0) is 22.4 Å². The molecular weight excluding hydrogens is 394 g/mol. The summed E-state index contributed by atoms with van der Waals surface area (Å²) in [6, 6.07) is 9.82. The first-order valence-corrected chi connectivity index (χ1v) is 10.5. The fourth-order valence-corrected chi connectivity index (χ4v) is 3.38. The maximum atomic E-state index is 12.3. The van der Waals surface area contributed by atoms with Crippen LogP contribution in [0.5, 0.6) is 5.75 Å². The van der Waals surface area contributed by atoms with Crippen LogP contribution in [0, 0.1) is 11.3 Å². The average Bonchev–Trinajstić information content (AvgIpc) is 2.72. The number of hydrogen-bond acceptors (Lipinski definition) is 5. The van der Waals surface area contributed by atoms with Gasteiger partial charge in [-0.1, -0.05) is 26.8 Å². The van der Waals surface area contributed by atoms with Gasteiger partial charge in [-0.05, 0) is 60.2 Å². The van der Waals surface area contributed by atoms with Crippen LogP contribution in [-0.4, -0.2) is 37.2 Å². The number of anilines is 1. The molecule has 2 rings (SSSR count). The van der Waals surface area contributed by atoms with E-state index >= 15 is 0 Å². The second-order valence-corrected chi connectivity index (χ2v) is 7.87. The number of methoxy groups -OCH3 is 1. The number of hydrogen-bond donors (Lipinski definition) is 4. The summed E-state index contributed by atoms with van der Waals surface area (Å²) in [6.45, 7) is 7.04. The average molecular weight is 428 g/mol. The van der Waals surface area contributed by atoms with E-state index in [4.69, 9.17) is 20.6 Å². The maximum Gasteiger partial charge on any atom is 0.330 e. The summed E-state index contributed by atoms with van der Waals surface area (Å²) >= 11 is 0. The van der Waals surface area contributed by atoms with Crippen molar-refractivity contribution in [3.05, 3.63) is 58.7 Å². The topological polar surface area (TPSA) is 118 Å². The van der Waals surface area contributed by atoms with E-state index < -0.39 is 12.0 Å². The molecule has 0 aliphatic heterocycles. The van der Waals surface area contributed by atoms with Crippen molar-refractivity contribution in [2.75, 3.05) is 25.6 Å². The fraction of sp³-hybridized carbons (Fsp3) is 0.417. The predicted molar refractivity (Wildman–Crippen MR) is 123 cm³/mol. The molecule has 0 fully saturated rings. The molecule has 5 N–H and O–H groups in total. The van der Waals surface area contributed by atoms with Crippen LogP contribution in [0.1, 0.15) is 49.1 Å². The van der Waals surface area contributed by atoms with Crippen LogP contribution in [0.2, 0.25) is 0 Å². The van der Waals surface area contributed by atoms with Gasteiger partial charge in [-0.3, -0.25) is 5.41 Å². The van der Waals surface area contributed by atoms with Crippen LogP contribution in [0.25, 0.3) is 0 Å². The molecule has 0 radical (unpaired) electrons. The number of ether oxygens (including phenoxy) is 2. The molecule has 0 heterocycles. The minimum Gasteiger partial charge on any atom is -0.491 e. The Balaban J connectivity index is 2.51. The third kappa shape index (κ3) is 6.72. The molecule has 31 heavy (non-hydrogen) atoms. The van der Waals surface area contributed by atoms with Crippen molar-refractivity contribution in [2.45, 2.75) is 39.7 Å². The van der Waals surface area contributed by atoms with Crippen molar-refractivity contribution < 1.29 is 19.4 Å². The third-order valence-corrected chi connectivity index (χ3v) is 4.89. The molecule has 0 bridgehead atoms. The Bertz CT molecular complexity index is 894. The lowest BCUT2D eigenvalue weighted by atomic mass is 9.93. The Hall–Kier alpha value is -3.06. The van der Waals surface area contributed by atoms with Crippen LogP contribution in [0.4, 0.5) is 5.69 Å². The van der Waals surface area contributed by atoms with E-state index in [1.165, 1.54) is 0 Å². The van der Waals surface area contributed by atoms with Gasteiger partial charge in [-0.15, -0.1) is 0 Å². The Kier molecular flexibility index (Phi) is 8.88. The van der Waals surface area contributed by atoms with Gasteiger partial charge < -0.3 is 25.6 Å². The summed E-state index contributed by atoms with van der Waals surface area (Å²) in [7, 11) is 1.60. The molecule has 7 nitrogen and oxygen atoms in total. The molecule has 2 aromatic rings. The number of nitrogens with two attached hydrogens (primary N) is 1. The van der Waals surface area contributed by atoms with Crippen molar-refractivity contribution in [3.63, 3.8) is 0 Å². The van der Waals surface area contributed by atoms with E-state index in [1.54, 1.807) is 31.4 Å². The van der Waals surface area contributed by atoms with E-state index in [0.29, 0.717) is 41.7 Å². The van der Waals surface area contributed by atoms with E-state index in [2.05, 4.69) is 25.2 Å². The number of aliphatic carboxylic acids is 1. The van der Waals surface area contributed by atoms with Crippen molar-refractivity contribution in [2.24, 2.45) is 11.7 Å². The zero-order valence-electron chi connectivity index (χ0n) is 18.7. The summed E-state index contributed by atoms with van der Waals surface area (Å²) in [4.78, 5) is 12.3. The highest BCUT2D eigenvalue weighted by atomic mass is 16.5. The Morgan fingerprint density at radius 1 is 1.19 bits per heavy atom. The smallest absolute Gasteiger partial charge is 0.330 e. The second-order valence-electron chi connectivity index (χ2n) is 7.87. The molecule has 168 valence electrons. The van der Waals surface area contributed by atoms with Gasteiger partial charge >= 0.3 is 5.97 Å². The fourth-order valence-electron chi connectivity index (χ4n) is 3.38. The largest absolute Gasteiger partial charge is 0.491 e. The lowest BCUT2D eigenvalue weighted by molar-refractivity contribution is -0.138. The summed E-state index contributed by atoms with van der Waals surface area (Å²) < 4.78 is 11.2. The molecule has 1 atom stereocenters. The Morgan fingerprint density at radius 2 is 1.87 bits per heavy atom. The van der Waals surface area contributed by atoms with E-state index in [0.717, 1.165) is 24.0 Å². The molecule has 0 spiro atoms. The number of carboxylic acids is 1. The third-order valence-electron chi connectivity index (χ3n) is 4.89. The van der Waals surface area contributed by atoms with E-state index in [1.807, 2.05) is 13.0 Å². The van der Waals surface area contributed by atoms with Gasteiger partial charge in [0.25, 0.3) is 0 Å². The van der Waals surface area contributed by atoms with Gasteiger partial charge in [0.05, 0.1) is 6.61 Å². The van der Waals surface area contributed by atoms with Gasteiger partial charge in [-0.2, -0.15) is 0 Å². The first kappa shape index (κ1) is 24.2.